The maximum atomic E-state index is 12.7. The first-order chi connectivity index (χ1) is 8.44. The first-order valence-electron chi connectivity index (χ1n) is 5.69. The van der Waals surface area contributed by atoms with E-state index in [0.717, 1.165) is 17.2 Å². The molecule has 0 fully saturated rings. The van der Waals surface area contributed by atoms with Crippen molar-refractivity contribution >= 4 is 0 Å². The predicted molar refractivity (Wildman–Crippen MR) is 64.1 cm³/mol. The van der Waals surface area contributed by atoms with Gasteiger partial charge in [0, 0.05) is 0 Å². The van der Waals surface area contributed by atoms with Crippen molar-refractivity contribution in [3.63, 3.8) is 0 Å². The first-order valence-corrected chi connectivity index (χ1v) is 5.69. The van der Waals surface area contributed by atoms with E-state index in [1.165, 1.54) is 12.1 Å². The summed E-state index contributed by atoms with van der Waals surface area (Å²) in [6.45, 7) is 0.901. The van der Waals surface area contributed by atoms with E-state index in [-0.39, 0.29) is 5.82 Å². The van der Waals surface area contributed by atoms with E-state index in [4.69, 9.17) is 4.52 Å². The van der Waals surface area contributed by atoms with Crippen molar-refractivity contribution in [3.05, 3.63) is 30.0 Å². The van der Waals surface area contributed by atoms with Crippen LogP contribution >= 0.6 is 0 Å². The van der Waals surface area contributed by atoms with Crippen LogP contribution in [0.2, 0.25) is 0 Å². The Bertz CT molecular complexity index is 516. The van der Waals surface area contributed by atoms with E-state index in [1.807, 2.05) is 0 Å². The number of likely N-dealkylation sites (N-methyl/N-ethyl adjacent to an activating group) is 1. The van der Waals surface area contributed by atoms with Gasteiger partial charge in [0.1, 0.15) is 11.5 Å². The molecular formula is C12H16FN4O+. The summed E-state index contributed by atoms with van der Waals surface area (Å²) < 4.78 is 18.7. The minimum atomic E-state index is -0.382. The Hall–Kier alpha value is -1.82. The largest absolute Gasteiger partial charge is 0.339 e. The van der Waals surface area contributed by atoms with Crippen molar-refractivity contribution in [1.29, 1.82) is 0 Å². The summed E-state index contributed by atoms with van der Waals surface area (Å²) in [4.78, 5) is 8.15. The number of halogens is 1. The Morgan fingerprint density at radius 3 is 2.67 bits per heavy atom. The standard InChI is InChI=1S/C12H16FN4O/c1-17(2,3)7-6-11-15-12(16-18-11)10-5-4-9(13)8-14-10/h4-5,8H,6-7H2,1-3H3/q+1. The molecule has 0 radical (unpaired) electrons. The van der Waals surface area contributed by atoms with Crippen LogP contribution in [0.15, 0.2) is 22.9 Å². The molecule has 0 aliphatic heterocycles. The van der Waals surface area contributed by atoms with Crippen LogP contribution in [0.5, 0.6) is 0 Å². The zero-order valence-electron chi connectivity index (χ0n) is 10.7. The van der Waals surface area contributed by atoms with Crippen molar-refractivity contribution in [3.8, 4) is 11.5 Å². The molecule has 5 nitrogen and oxygen atoms in total. The summed E-state index contributed by atoms with van der Waals surface area (Å²) >= 11 is 0. The van der Waals surface area contributed by atoms with Crippen LogP contribution in [-0.4, -0.2) is 47.3 Å². The summed E-state index contributed by atoms with van der Waals surface area (Å²) in [6.07, 6.45) is 1.84. The third kappa shape index (κ3) is 3.33. The van der Waals surface area contributed by atoms with Crippen molar-refractivity contribution in [2.24, 2.45) is 0 Å². The third-order valence-corrected chi connectivity index (χ3v) is 2.42. The summed E-state index contributed by atoms with van der Waals surface area (Å²) in [6, 6.07) is 2.86. The van der Waals surface area contributed by atoms with E-state index >= 15 is 0 Å². The second kappa shape index (κ2) is 4.81. The van der Waals surface area contributed by atoms with Crippen LogP contribution in [0.1, 0.15) is 5.89 Å². The van der Waals surface area contributed by atoms with Gasteiger partial charge in [-0.3, -0.25) is 0 Å². The molecule has 0 N–H and O–H groups in total. The zero-order chi connectivity index (χ0) is 13.2. The number of rotatable bonds is 4. The van der Waals surface area contributed by atoms with Crippen LogP contribution < -0.4 is 0 Å². The van der Waals surface area contributed by atoms with Gasteiger partial charge in [-0.25, -0.2) is 9.37 Å². The third-order valence-electron chi connectivity index (χ3n) is 2.42. The molecule has 2 rings (SSSR count). The maximum Gasteiger partial charge on any atom is 0.232 e. The maximum absolute atomic E-state index is 12.7. The van der Waals surface area contributed by atoms with Crippen LogP contribution in [0, 0.1) is 5.82 Å². The molecule has 0 aliphatic carbocycles. The second-order valence-electron chi connectivity index (χ2n) is 5.14. The van der Waals surface area contributed by atoms with Gasteiger partial charge in [0.15, 0.2) is 0 Å². The lowest BCUT2D eigenvalue weighted by atomic mass is 10.3. The summed E-state index contributed by atoms with van der Waals surface area (Å²) in [5.74, 6) is 0.586. The lowest BCUT2D eigenvalue weighted by molar-refractivity contribution is -0.870. The number of aromatic nitrogens is 3. The number of nitrogens with zero attached hydrogens (tertiary/aromatic N) is 4. The summed E-state index contributed by atoms with van der Waals surface area (Å²) in [5, 5.41) is 3.84. The van der Waals surface area contributed by atoms with Crippen LogP contribution in [-0.2, 0) is 6.42 Å². The molecule has 0 unspecified atom stereocenters. The molecule has 0 bridgehead atoms. The van der Waals surface area contributed by atoms with E-state index in [1.54, 1.807) is 0 Å². The molecule has 2 aromatic heterocycles. The minimum absolute atomic E-state index is 0.382. The molecule has 18 heavy (non-hydrogen) atoms. The highest BCUT2D eigenvalue weighted by atomic mass is 19.1. The highest BCUT2D eigenvalue weighted by Crippen LogP contribution is 2.13. The fourth-order valence-electron chi connectivity index (χ4n) is 1.40. The Labute approximate surface area is 105 Å². The van der Waals surface area contributed by atoms with E-state index < -0.39 is 0 Å². The van der Waals surface area contributed by atoms with Gasteiger partial charge in [-0.1, -0.05) is 5.16 Å². The number of hydrogen-bond acceptors (Lipinski definition) is 4. The smallest absolute Gasteiger partial charge is 0.232 e. The first kappa shape index (κ1) is 12.6. The van der Waals surface area contributed by atoms with Gasteiger partial charge < -0.3 is 9.01 Å². The highest BCUT2D eigenvalue weighted by molar-refractivity contribution is 5.47. The Balaban J connectivity index is 2.08. The summed E-state index contributed by atoms with van der Waals surface area (Å²) in [5.41, 5.74) is 0.511. The molecule has 0 saturated carbocycles. The van der Waals surface area contributed by atoms with Crippen LogP contribution in [0.3, 0.4) is 0 Å². The van der Waals surface area contributed by atoms with Gasteiger partial charge in [0.05, 0.1) is 40.3 Å². The van der Waals surface area contributed by atoms with Gasteiger partial charge in [-0.05, 0) is 12.1 Å². The molecule has 6 heteroatoms. The van der Waals surface area contributed by atoms with Gasteiger partial charge in [0.2, 0.25) is 11.7 Å². The van der Waals surface area contributed by atoms with E-state index in [0.29, 0.717) is 23.8 Å². The van der Waals surface area contributed by atoms with Crippen molar-refractivity contribution in [2.45, 2.75) is 6.42 Å². The lowest BCUT2D eigenvalue weighted by Gasteiger charge is -2.22. The minimum Gasteiger partial charge on any atom is -0.339 e. The second-order valence-corrected chi connectivity index (χ2v) is 5.14. The molecule has 0 amide bonds. The predicted octanol–water partition coefficient (Wildman–Crippen LogP) is 1.52. The van der Waals surface area contributed by atoms with Gasteiger partial charge in [-0.2, -0.15) is 4.98 Å². The summed E-state index contributed by atoms with van der Waals surface area (Å²) in [7, 11) is 6.29. The Kier molecular flexibility index (Phi) is 3.38. The zero-order valence-corrected chi connectivity index (χ0v) is 10.7. The lowest BCUT2D eigenvalue weighted by Crippen LogP contribution is -2.36. The van der Waals surface area contributed by atoms with Crippen molar-refractivity contribution in [1.82, 2.24) is 15.1 Å². The quantitative estimate of drug-likeness (QED) is 0.773. The number of hydrogen-bond donors (Lipinski definition) is 0. The SMILES string of the molecule is C[N+](C)(C)CCc1nc(-c2ccc(F)cn2)no1. The van der Waals surface area contributed by atoms with E-state index in [9.17, 15) is 4.39 Å². The molecule has 0 atom stereocenters. The topological polar surface area (TPSA) is 51.8 Å². The molecule has 0 spiro atoms. The van der Waals surface area contributed by atoms with Crippen LogP contribution in [0.25, 0.3) is 11.5 Å². The molecule has 2 heterocycles. The molecule has 0 aliphatic rings. The monoisotopic (exact) mass is 251 g/mol. The van der Waals surface area contributed by atoms with Crippen LogP contribution in [0.4, 0.5) is 4.39 Å². The Morgan fingerprint density at radius 2 is 2.06 bits per heavy atom. The highest BCUT2D eigenvalue weighted by Gasteiger charge is 2.13. The molecule has 96 valence electrons. The van der Waals surface area contributed by atoms with Crippen molar-refractivity contribution in [2.75, 3.05) is 27.7 Å². The average molecular weight is 251 g/mol. The Morgan fingerprint density at radius 1 is 1.28 bits per heavy atom. The number of quaternary nitrogens is 1. The molecule has 0 aromatic carbocycles. The van der Waals surface area contributed by atoms with Gasteiger partial charge in [0.25, 0.3) is 0 Å². The fourth-order valence-corrected chi connectivity index (χ4v) is 1.40. The van der Waals surface area contributed by atoms with Gasteiger partial charge >= 0.3 is 0 Å². The fraction of sp³-hybridized carbons (Fsp3) is 0.417. The van der Waals surface area contributed by atoms with E-state index in [2.05, 4.69) is 36.3 Å². The normalized spacial score (nSPS) is 11.8. The van der Waals surface area contributed by atoms with Gasteiger partial charge in [-0.15, -0.1) is 0 Å². The number of pyridine rings is 1. The molecule has 0 saturated heterocycles. The average Bonchev–Trinajstić information content (AvgIpc) is 2.75. The molecular weight excluding hydrogens is 235 g/mol. The molecule has 2 aromatic rings. The van der Waals surface area contributed by atoms with Crippen molar-refractivity contribution < 1.29 is 13.4 Å².